The summed E-state index contributed by atoms with van der Waals surface area (Å²) in [6.45, 7) is 4.39. The van der Waals surface area contributed by atoms with E-state index in [4.69, 9.17) is 0 Å². The van der Waals surface area contributed by atoms with E-state index in [-0.39, 0.29) is 11.8 Å². The lowest BCUT2D eigenvalue weighted by Crippen LogP contribution is -2.40. The van der Waals surface area contributed by atoms with Crippen molar-refractivity contribution in [3.8, 4) is 0 Å². The summed E-state index contributed by atoms with van der Waals surface area (Å²) in [7, 11) is 0. The van der Waals surface area contributed by atoms with E-state index in [1.54, 1.807) is 4.90 Å². The Morgan fingerprint density at radius 2 is 1.86 bits per heavy atom. The Morgan fingerprint density at radius 3 is 2.59 bits per heavy atom. The Labute approximate surface area is 131 Å². The maximum atomic E-state index is 12.4. The minimum absolute atomic E-state index is 0.0788. The predicted molar refractivity (Wildman–Crippen MR) is 85.6 cm³/mol. The lowest BCUT2D eigenvalue weighted by molar-refractivity contribution is -0.132. The lowest BCUT2D eigenvalue weighted by atomic mass is 10.1. The van der Waals surface area contributed by atoms with Crippen LogP contribution in [0.2, 0.25) is 0 Å². The molecular weight excluding hydrogens is 278 g/mol. The highest BCUT2D eigenvalue weighted by Crippen LogP contribution is 2.24. The molecule has 1 aromatic carbocycles. The van der Waals surface area contributed by atoms with Crippen LogP contribution in [0.25, 0.3) is 0 Å². The Morgan fingerprint density at radius 1 is 1.14 bits per heavy atom. The molecule has 2 aliphatic heterocycles. The highest BCUT2D eigenvalue weighted by Gasteiger charge is 2.37. The van der Waals surface area contributed by atoms with Crippen LogP contribution in [0.3, 0.4) is 0 Å². The number of nitrogens with one attached hydrogen (secondary N) is 1. The minimum Gasteiger partial charge on any atom is -0.354 e. The Kier molecular flexibility index (Phi) is 4.73. The molecular formula is C17H23N3O2. The standard InChI is InChI=1S/C17H23N3O2/c21-16(18-9-13-19-10-4-5-11-19)15-8-12-20(17(15)22)14-6-2-1-3-7-14/h1-3,6-7,15H,4-5,8-13H2,(H,18,21)/t15-/m1/s1. The number of nitrogens with zero attached hydrogens (tertiary/aromatic N) is 2. The molecule has 3 rings (SSSR count). The van der Waals surface area contributed by atoms with E-state index in [0.29, 0.717) is 19.5 Å². The molecule has 22 heavy (non-hydrogen) atoms. The number of benzene rings is 1. The Balaban J connectivity index is 1.50. The number of carbonyl (C=O) groups excluding carboxylic acids is 2. The van der Waals surface area contributed by atoms with Crippen molar-refractivity contribution in [2.24, 2.45) is 5.92 Å². The van der Waals surface area contributed by atoms with Crippen molar-refractivity contribution in [3.05, 3.63) is 30.3 Å². The Hall–Kier alpha value is -1.88. The first-order valence-electron chi connectivity index (χ1n) is 8.12. The lowest BCUT2D eigenvalue weighted by Gasteiger charge is -2.17. The van der Waals surface area contributed by atoms with Crippen molar-refractivity contribution in [2.45, 2.75) is 19.3 Å². The number of hydrogen-bond acceptors (Lipinski definition) is 3. The van der Waals surface area contributed by atoms with Crippen LogP contribution in [0.5, 0.6) is 0 Å². The molecule has 2 amide bonds. The van der Waals surface area contributed by atoms with Crippen LogP contribution in [-0.4, -0.2) is 49.4 Å². The molecule has 2 aliphatic rings. The van der Waals surface area contributed by atoms with Crippen molar-refractivity contribution < 1.29 is 9.59 Å². The van der Waals surface area contributed by atoms with E-state index in [9.17, 15) is 9.59 Å². The Bertz CT molecular complexity index is 526. The van der Waals surface area contributed by atoms with E-state index >= 15 is 0 Å². The molecule has 5 heteroatoms. The molecule has 0 saturated carbocycles. The molecule has 0 spiro atoms. The second-order valence-corrected chi connectivity index (χ2v) is 6.01. The van der Waals surface area contributed by atoms with Crippen molar-refractivity contribution in [1.29, 1.82) is 0 Å². The molecule has 0 bridgehead atoms. The van der Waals surface area contributed by atoms with Crippen molar-refractivity contribution >= 4 is 17.5 Å². The van der Waals surface area contributed by atoms with Gasteiger partial charge in [-0.15, -0.1) is 0 Å². The average molecular weight is 301 g/mol. The maximum absolute atomic E-state index is 12.4. The van der Waals surface area contributed by atoms with Gasteiger partial charge in [0.15, 0.2) is 0 Å². The number of anilines is 1. The highest BCUT2D eigenvalue weighted by atomic mass is 16.2. The minimum atomic E-state index is -0.529. The molecule has 2 heterocycles. The fraction of sp³-hybridized carbons (Fsp3) is 0.529. The summed E-state index contributed by atoms with van der Waals surface area (Å²) in [6, 6.07) is 9.56. The molecule has 0 aliphatic carbocycles. The van der Waals surface area contributed by atoms with Gasteiger partial charge in [-0.25, -0.2) is 0 Å². The van der Waals surface area contributed by atoms with Gasteiger partial charge in [-0.05, 0) is 44.5 Å². The number of hydrogen-bond donors (Lipinski definition) is 1. The topological polar surface area (TPSA) is 52.7 Å². The summed E-state index contributed by atoms with van der Waals surface area (Å²) in [4.78, 5) is 28.7. The van der Waals surface area contributed by atoms with Gasteiger partial charge < -0.3 is 15.1 Å². The maximum Gasteiger partial charge on any atom is 0.239 e. The van der Waals surface area contributed by atoms with Crippen LogP contribution >= 0.6 is 0 Å². The molecule has 118 valence electrons. The third-order valence-electron chi connectivity index (χ3n) is 4.52. The van der Waals surface area contributed by atoms with E-state index < -0.39 is 5.92 Å². The zero-order valence-corrected chi connectivity index (χ0v) is 12.8. The largest absolute Gasteiger partial charge is 0.354 e. The molecule has 0 unspecified atom stereocenters. The zero-order valence-electron chi connectivity index (χ0n) is 12.8. The normalized spacial score (nSPS) is 22.3. The number of carbonyl (C=O) groups is 2. The van der Waals surface area contributed by atoms with Gasteiger partial charge >= 0.3 is 0 Å². The van der Waals surface area contributed by atoms with Gasteiger partial charge in [0.25, 0.3) is 0 Å². The first-order chi connectivity index (χ1) is 10.8. The molecule has 0 radical (unpaired) electrons. The van der Waals surface area contributed by atoms with Crippen LogP contribution in [0.15, 0.2) is 30.3 Å². The first-order valence-corrected chi connectivity index (χ1v) is 8.12. The second-order valence-electron chi connectivity index (χ2n) is 6.01. The zero-order chi connectivity index (χ0) is 15.4. The molecule has 2 saturated heterocycles. The summed E-state index contributed by atoms with van der Waals surface area (Å²) in [5, 5.41) is 2.93. The highest BCUT2D eigenvalue weighted by molar-refractivity contribution is 6.09. The van der Waals surface area contributed by atoms with Crippen molar-refractivity contribution in [3.63, 3.8) is 0 Å². The van der Waals surface area contributed by atoms with Crippen LogP contribution in [0.4, 0.5) is 5.69 Å². The van der Waals surface area contributed by atoms with Crippen LogP contribution in [0.1, 0.15) is 19.3 Å². The monoisotopic (exact) mass is 301 g/mol. The summed E-state index contributed by atoms with van der Waals surface area (Å²) in [5.41, 5.74) is 0.875. The van der Waals surface area contributed by atoms with E-state index in [1.165, 1.54) is 12.8 Å². The van der Waals surface area contributed by atoms with Crippen molar-refractivity contribution in [1.82, 2.24) is 10.2 Å². The van der Waals surface area contributed by atoms with E-state index in [0.717, 1.165) is 25.3 Å². The quantitative estimate of drug-likeness (QED) is 0.833. The predicted octanol–water partition coefficient (Wildman–Crippen LogP) is 1.25. The van der Waals surface area contributed by atoms with Gasteiger partial charge in [0.1, 0.15) is 5.92 Å². The number of rotatable bonds is 5. The molecule has 1 aromatic rings. The molecule has 2 fully saturated rings. The first kappa shape index (κ1) is 15.0. The van der Waals surface area contributed by atoms with Crippen LogP contribution < -0.4 is 10.2 Å². The van der Waals surface area contributed by atoms with E-state index in [2.05, 4.69) is 10.2 Å². The molecule has 1 atom stereocenters. The van der Waals surface area contributed by atoms with Gasteiger partial charge in [0.05, 0.1) is 0 Å². The van der Waals surface area contributed by atoms with Gasteiger partial charge in [-0.1, -0.05) is 18.2 Å². The van der Waals surface area contributed by atoms with Gasteiger partial charge in [0.2, 0.25) is 11.8 Å². The van der Waals surface area contributed by atoms with E-state index in [1.807, 2.05) is 30.3 Å². The fourth-order valence-corrected chi connectivity index (χ4v) is 3.25. The number of likely N-dealkylation sites (tertiary alicyclic amines) is 1. The summed E-state index contributed by atoms with van der Waals surface area (Å²) in [6.07, 6.45) is 3.10. The third-order valence-corrected chi connectivity index (χ3v) is 4.52. The molecule has 1 N–H and O–H groups in total. The SMILES string of the molecule is O=C(NCCN1CCCC1)[C@H]1CCN(c2ccccc2)C1=O. The average Bonchev–Trinajstić information content (AvgIpc) is 3.18. The van der Waals surface area contributed by atoms with Gasteiger partial charge in [-0.3, -0.25) is 9.59 Å². The summed E-state index contributed by atoms with van der Waals surface area (Å²) >= 11 is 0. The van der Waals surface area contributed by atoms with Gasteiger partial charge in [0, 0.05) is 25.3 Å². The number of amides is 2. The van der Waals surface area contributed by atoms with Crippen LogP contribution in [0, 0.1) is 5.92 Å². The fourth-order valence-electron chi connectivity index (χ4n) is 3.25. The number of para-hydroxylation sites is 1. The second kappa shape index (κ2) is 6.92. The van der Waals surface area contributed by atoms with Crippen LogP contribution in [-0.2, 0) is 9.59 Å². The van der Waals surface area contributed by atoms with Crippen molar-refractivity contribution in [2.75, 3.05) is 37.6 Å². The molecule has 5 nitrogen and oxygen atoms in total. The molecule has 0 aromatic heterocycles. The summed E-state index contributed by atoms with van der Waals surface area (Å²) in [5.74, 6) is -0.730. The smallest absolute Gasteiger partial charge is 0.239 e. The summed E-state index contributed by atoms with van der Waals surface area (Å²) < 4.78 is 0. The third kappa shape index (κ3) is 3.30. The van der Waals surface area contributed by atoms with Gasteiger partial charge in [-0.2, -0.15) is 0 Å².